The number of hydrogen-bond donors (Lipinski definition) is 2. The maximum atomic E-state index is 13.0. The third-order valence-corrected chi connectivity index (χ3v) is 1.86. The Morgan fingerprint density at radius 3 is 2.88 bits per heavy atom. The highest BCUT2D eigenvalue weighted by Gasteiger charge is 2.09. The molecule has 0 fully saturated rings. The molecule has 0 aliphatic carbocycles. The minimum absolute atomic E-state index is 0.125. The monoisotopic (exact) mass is 221 g/mol. The number of nitrogen functional groups attached to an aromatic ring is 1. The first kappa shape index (κ1) is 10.2. The first-order chi connectivity index (χ1) is 7.65. The predicted octanol–water partition coefficient (Wildman–Crippen LogP) is 1.65. The van der Waals surface area contributed by atoms with Gasteiger partial charge in [0.05, 0.1) is 0 Å². The summed E-state index contributed by atoms with van der Waals surface area (Å²) in [6.45, 7) is 0. The van der Waals surface area contributed by atoms with E-state index in [4.69, 9.17) is 5.73 Å². The van der Waals surface area contributed by atoms with Gasteiger partial charge in [0, 0.05) is 17.3 Å². The van der Waals surface area contributed by atoms with Crippen LogP contribution in [0.25, 0.3) is 0 Å². The third kappa shape index (κ3) is 2.17. The van der Waals surface area contributed by atoms with Crippen molar-refractivity contribution in [3.8, 4) is 0 Å². The highest BCUT2D eigenvalue weighted by Crippen LogP contribution is 2.12. The lowest BCUT2D eigenvalue weighted by molar-refractivity contribution is 0.102. The standard InChI is InChI=1S/C10H8FN3O2/c11-7-3-6(4-8(12)5-7)10(15)13-9-1-2-16-14-9/h1-5H,12H2,(H,13,14,15). The Morgan fingerprint density at radius 1 is 1.44 bits per heavy atom. The number of rotatable bonds is 2. The number of nitrogens with zero attached hydrogens (tertiary/aromatic N) is 1. The smallest absolute Gasteiger partial charge is 0.257 e. The van der Waals surface area contributed by atoms with Gasteiger partial charge in [-0.1, -0.05) is 5.16 Å². The van der Waals surface area contributed by atoms with Gasteiger partial charge in [-0.05, 0) is 18.2 Å². The summed E-state index contributed by atoms with van der Waals surface area (Å²) in [6, 6.07) is 5.07. The van der Waals surface area contributed by atoms with Gasteiger partial charge in [0.15, 0.2) is 5.82 Å². The molecule has 0 saturated heterocycles. The van der Waals surface area contributed by atoms with Gasteiger partial charge in [-0.3, -0.25) is 4.79 Å². The molecule has 2 aromatic rings. The molecule has 1 aromatic heterocycles. The molecule has 1 amide bonds. The van der Waals surface area contributed by atoms with Gasteiger partial charge in [-0.15, -0.1) is 0 Å². The van der Waals surface area contributed by atoms with Crippen LogP contribution in [0, 0.1) is 5.82 Å². The summed E-state index contributed by atoms with van der Waals surface area (Å²) in [5.41, 5.74) is 5.73. The Hall–Kier alpha value is -2.37. The van der Waals surface area contributed by atoms with Crippen LogP contribution >= 0.6 is 0 Å². The Labute approximate surface area is 90.0 Å². The second kappa shape index (κ2) is 4.01. The van der Waals surface area contributed by atoms with E-state index < -0.39 is 11.7 Å². The lowest BCUT2D eigenvalue weighted by Crippen LogP contribution is -2.12. The van der Waals surface area contributed by atoms with Crippen LogP contribution in [0.15, 0.2) is 35.1 Å². The van der Waals surface area contributed by atoms with Crippen molar-refractivity contribution in [1.82, 2.24) is 5.16 Å². The van der Waals surface area contributed by atoms with Gasteiger partial charge in [-0.2, -0.15) is 0 Å². The highest BCUT2D eigenvalue weighted by atomic mass is 19.1. The van der Waals surface area contributed by atoms with Crippen LogP contribution in [-0.4, -0.2) is 11.1 Å². The summed E-state index contributed by atoms with van der Waals surface area (Å²) >= 11 is 0. The van der Waals surface area contributed by atoms with Crippen molar-refractivity contribution in [3.05, 3.63) is 41.9 Å². The molecule has 0 aliphatic heterocycles. The minimum atomic E-state index is -0.565. The summed E-state index contributed by atoms with van der Waals surface area (Å²) < 4.78 is 17.5. The first-order valence-corrected chi connectivity index (χ1v) is 4.43. The number of hydrogen-bond acceptors (Lipinski definition) is 4. The van der Waals surface area contributed by atoms with Crippen LogP contribution in [0.4, 0.5) is 15.9 Å². The van der Waals surface area contributed by atoms with Crippen LogP contribution in [0.5, 0.6) is 0 Å². The molecule has 1 aromatic carbocycles. The zero-order chi connectivity index (χ0) is 11.5. The predicted molar refractivity (Wildman–Crippen MR) is 55.3 cm³/mol. The van der Waals surface area contributed by atoms with Gasteiger partial charge in [-0.25, -0.2) is 4.39 Å². The van der Waals surface area contributed by atoms with Crippen molar-refractivity contribution in [1.29, 1.82) is 0 Å². The summed E-state index contributed by atoms with van der Waals surface area (Å²) in [6.07, 6.45) is 1.32. The van der Waals surface area contributed by atoms with Crippen molar-refractivity contribution in [2.75, 3.05) is 11.1 Å². The maximum Gasteiger partial charge on any atom is 0.257 e. The molecule has 5 nitrogen and oxygen atoms in total. The van der Waals surface area contributed by atoms with E-state index >= 15 is 0 Å². The maximum absolute atomic E-state index is 13.0. The molecule has 6 heteroatoms. The summed E-state index contributed by atoms with van der Waals surface area (Å²) in [5.74, 6) is -0.807. The average molecular weight is 221 g/mol. The Kier molecular flexibility index (Phi) is 2.55. The molecule has 2 rings (SSSR count). The number of nitrogens with two attached hydrogens (primary N) is 1. The van der Waals surface area contributed by atoms with Crippen LogP contribution in [0.1, 0.15) is 10.4 Å². The van der Waals surface area contributed by atoms with Crippen molar-refractivity contribution in [2.45, 2.75) is 0 Å². The molecule has 0 aliphatic rings. The van der Waals surface area contributed by atoms with E-state index in [9.17, 15) is 9.18 Å². The van der Waals surface area contributed by atoms with Crippen LogP contribution < -0.4 is 11.1 Å². The zero-order valence-electron chi connectivity index (χ0n) is 8.11. The number of aromatic nitrogens is 1. The van der Waals surface area contributed by atoms with Crippen molar-refractivity contribution < 1.29 is 13.7 Å². The largest absolute Gasteiger partial charge is 0.399 e. The number of amides is 1. The average Bonchev–Trinajstić information content (AvgIpc) is 2.68. The molecule has 0 saturated carbocycles. The van der Waals surface area contributed by atoms with Crippen molar-refractivity contribution >= 4 is 17.4 Å². The number of anilines is 2. The molecular weight excluding hydrogens is 213 g/mol. The second-order valence-corrected chi connectivity index (χ2v) is 3.11. The van der Waals surface area contributed by atoms with Crippen molar-refractivity contribution in [3.63, 3.8) is 0 Å². The van der Waals surface area contributed by atoms with E-state index in [2.05, 4.69) is 15.0 Å². The van der Waals surface area contributed by atoms with Gasteiger partial charge in [0.25, 0.3) is 5.91 Å². The van der Waals surface area contributed by atoms with E-state index in [-0.39, 0.29) is 17.1 Å². The van der Waals surface area contributed by atoms with E-state index in [1.807, 2.05) is 0 Å². The first-order valence-electron chi connectivity index (χ1n) is 4.43. The second-order valence-electron chi connectivity index (χ2n) is 3.11. The summed E-state index contributed by atoms with van der Waals surface area (Å²) in [5, 5.41) is 5.92. The van der Waals surface area contributed by atoms with Gasteiger partial charge in [0.2, 0.25) is 0 Å². The number of carbonyl (C=O) groups is 1. The third-order valence-electron chi connectivity index (χ3n) is 1.86. The van der Waals surface area contributed by atoms with Gasteiger partial charge in [0.1, 0.15) is 12.1 Å². The fraction of sp³-hybridized carbons (Fsp3) is 0. The molecular formula is C10H8FN3O2. The number of halogens is 1. The molecule has 1 heterocycles. The SMILES string of the molecule is Nc1cc(F)cc(C(=O)Nc2ccon2)c1. The number of benzene rings is 1. The molecule has 3 N–H and O–H groups in total. The topological polar surface area (TPSA) is 81.2 Å². The summed E-state index contributed by atoms with van der Waals surface area (Å²) in [4.78, 5) is 11.6. The van der Waals surface area contributed by atoms with E-state index in [0.29, 0.717) is 0 Å². The van der Waals surface area contributed by atoms with Gasteiger partial charge >= 0.3 is 0 Å². The Morgan fingerprint density at radius 2 is 2.25 bits per heavy atom. The minimum Gasteiger partial charge on any atom is -0.399 e. The molecule has 82 valence electrons. The molecule has 0 radical (unpaired) electrons. The zero-order valence-corrected chi connectivity index (χ0v) is 8.11. The lowest BCUT2D eigenvalue weighted by atomic mass is 10.2. The van der Waals surface area contributed by atoms with Crippen LogP contribution in [0.2, 0.25) is 0 Å². The summed E-state index contributed by atoms with van der Waals surface area (Å²) in [7, 11) is 0. The van der Waals surface area contributed by atoms with E-state index in [1.54, 1.807) is 0 Å². The Bertz CT molecular complexity index is 491. The fourth-order valence-electron chi connectivity index (χ4n) is 1.21. The number of nitrogens with one attached hydrogen (secondary N) is 1. The normalized spacial score (nSPS) is 10.1. The quantitative estimate of drug-likeness (QED) is 0.755. The molecule has 0 unspecified atom stereocenters. The van der Waals surface area contributed by atoms with Crippen LogP contribution in [0.3, 0.4) is 0 Å². The van der Waals surface area contributed by atoms with E-state index in [0.717, 1.165) is 12.1 Å². The molecule has 0 spiro atoms. The fourth-order valence-corrected chi connectivity index (χ4v) is 1.21. The lowest BCUT2D eigenvalue weighted by Gasteiger charge is -2.02. The number of carbonyl (C=O) groups excluding carboxylic acids is 1. The van der Waals surface area contributed by atoms with E-state index in [1.165, 1.54) is 18.4 Å². The van der Waals surface area contributed by atoms with Crippen molar-refractivity contribution in [2.24, 2.45) is 0 Å². The molecule has 16 heavy (non-hydrogen) atoms. The molecule has 0 atom stereocenters. The van der Waals surface area contributed by atoms with Crippen LogP contribution in [-0.2, 0) is 0 Å². The molecule has 0 bridgehead atoms. The van der Waals surface area contributed by atoms with Gasteiger partial charge < -0.3 is 15.6 Å². The highest BCUT2D eigenvalue weighted by molar-refractivity contribution is 6.04. The Balaban J connectivity index is 2.21.